The number of carbonyl (C=O) groups is 1. The van der Waals surface area contributed by atoms with Crippen LogP contribution in [0.4, 0.5) is 13.2 Å². The molecule has 0 spiro atoms. The number of benzene rings is 2. The van der Waals surface area contributed by atoms with Crippen molar-refractivity contribution < 1.29 is 32.5 Å². The fourth-order valence-electron chi connectivity index (χ4n) is 2.88. The Bertz CT molecular complexity index is 1060. The quantitative estimate of drug-likeness (QED) is 0.501. The van der Waals surface area contributed by atoms with Gasteiger partial charge in [0, 0.05) is 23.4 Å². The minimum absolute atomic E-state index is 0.614. The highest BCUT2D eigenvalue weighted by molar-refractivity contribution is 7.98. The molecule has 166 valence electrons. The van der Waals surface area contributed by atoms with E-state index in [1.165, 1.54) is 16.0 Å². The second kappa shape index (κ2) is 9.92. The van der Waals surface area contributed by atoms with Crippen LogP contribution in [0.3, 0.4) is 0 Å². The van der Waals surface area contributed by atoms with Crippen molar-refractivity contribution >= 4 is 28.6 Å². The lowest BCUT2D eigenvalue weighted by Gasteiger charge is -2.21. The zero-order chi connectivity index (χ0) is 22.4. The fourth-order valence-corrected chi connectivity index (χ4v) is 3.49. The first-order valence-electron chi connectivity index (χ1n) is 9.17. The van der Waals surface area contributed by atoms with Gasteiger partial charge < -0.3 is 19.9 Å². The number of halogens is 3. The number of thioether (sulfide) groups is 1. The van der Waals surface area contributed by atoms with E-state index in [0.29, 0.717) is 13.2 Å². The van der Waals surface area contributed by atoms with Gasteiger partial charge in [-0.2, -0.15) is 18.3 Å². The molecule has 0 saturated carbocycles. The van der Waals surface area contributed by atoms with Gasteiger partial charge in [0.25, 0.3) is 0 Å². The van der Waals surface area contributed by atoms with Crippen LogP contribution in [0.2, 0.25) is 0 Å². The van der Waals surface area contributed by atoms with Crippen molar-refractivity contribution in [3.8, 4) is 11.5 Å². The maximum absolute atomic E-state index is 10.6. The van der Waals surface area contributed by atoms with Gasteiger partial charge in [-0.15, -0.1) is 11.8 Å². The predicted molar refractivity (Wildman–Crippen MR) is 110 cm³/mol. The third-order valence-corrected chi connectivity index (χ3v) is 5.16. The monoisotopic (exact) mass is 455 g/mol. The van der Waals surface area contributed by atoms with Gasteiger partial charge in [-0.05, 0) is 35.6 Å². The van der Waals surface area contributed by atoms with Gasteiger partial charge >= 0.3 is 12.1 Å². The van der Waals surface area contributed by atoms with E-state index in [2.05, 4.69) is 52.1 Å². The molecule has 0 radical (unpaired) electrons. The number of nitrogens with zero attached hydrogens (tertiary/aromatic N) is 1. The Labute approximate surface area is 179 Å². The standard InChI is InChI=1S/C18H19N3O2S.C2HF3O2/c1-24-18-8-17-16(22-4-5-23-17)7-14(18)10-19-9-12-2-3-13-11-20-21-15(13)6-12;3-2(4,5)1(6)7/h2-3,6-8,11,19H,4-5,9-10H2,1H3,(H,20,21);(H,6,7). The number of aliphatic carboxylic acids is 1. The highest BCUT2D eigenvalue weighted by atomic mass is 32.2. The van der Waals surface area contributed by atoms with Crippen LogP contribution in [0.25, 0.3) is 10.9 Å². The number of ether oxygens (including phenoxy) is 2. The van der Waals surface area contributed by atoms with E-state index < -0.39 is 12.1 Å². The molecule has 0 bridgehead atoms. The summed E-state index contributed by atoms with van der Waals surface area (Å²) in [6, 6.07) is 10.5. The molecule has 0 fully saturated rings. The van der Waals surface area contributed by atoms with Crippen molar-refractivity contribution in [2.45, 2.75) is 24.2 Å². The highest BCUT2D eigenvalue weighted by Crippen LogP contribution is 2.36. The third-order valence-electron chi connectivity index (χ3n) is 4.34. The van der Waals surface area contributed by atoms with Crippen LogP contribution in [-0.4, -0.2) is 46.9 Å². The first-order chi connectivity index (χ1) is 14.8. The summed E-state index contributed by atoms with van der Waals surface area (Å²) in [7, 11) is 0. The number of fused-ring (bicyclic) bond motifs is 2. The molecule has 7 nitrogen and oxygen atoms in total. The summed E-state index contributed by atoms with van der Waals surface area (Å²) < 4.78 is 43.1. The summed E-state index contributed by atoms with van der Waals surface area (Å²) in [5.74, 6) is -1.07. The van der Waals surface area contributed by atoms with E-state index >= 15 is 0 Å². The van der Waals surface area contributed by atoms with Crippen LogP contribution in [0.1, 0.15) is 11.1 Å². The largest absolute Gasteiger partial charge is 0.490 e. The van der Waals surface area contributed by atoms with Gasteiger partial charge in [0.05, 0.1) is 11.7 Å². The van der Waals surface area contributed by atoms with Crippen molar-refractivity contribution in [2.75, 3.05) is 19.5 Å². The van der Waals surface area contributed by atoms with Crippen LogP contribution < -0.4 is 14.8 Å². The van der Waals surface area contributed by atoms with E-state index in [1.54, 1.807) is 11.8 Å². The number of carboxylic acids is 1. The molecule has 1 aromatic heterocycles. The Hall–Kier alpha value is -2.92. The van der Waals surface area contributed by atoms with Gasteiger partial charge in [0.15, 0.2) is 11.5 Å². The summed E-state index contributed by atoms with van der Waals surface area (Å²) in [5.41, 5.74) is 3.53. The molecular weight excluding hydrogens is 435 g/mol. The van der Waals surface area contributed by atoms with Crippen molar-refractivity contribution in [1.29, 1.82) is 0 Å². The van der Waals surface area contributed by atoms with Crippen LogP contribution in [-0.2, 0) is 17.9 Å². The first kappa shape index (κ1) is 22.8. The molecule has 2 heterocycles. The van der Waals surface area contributed by atoms with Crippen LogP contribution >= 0.6 is 11.8 Å². The minimum atomic E-state index is -5.08. The van der Waals surface area contributed by atoms with Crippen molar-refractivity contribution in [2.24, 2.45) is 0 Å². The summed E-state index contributed by atoms with van der Waals surface area (Å²) in [6.45, 7) is 2.82. The molecule has 0 amide bonds. The van der Waals surface area contributed by atoms with Crippen LogP contribution in [0, 0.1) is 0 Å². The Balaban J connectivity index is 0.000000339. The lowest BCUT2D eigenvalue weighted by atomic mass is 10.1. The molecular formula is C20H20F3N3O4S. The molecule has 3 aromatic rings. The number of hydrogen-bond acceptors (Lipinski definition) is 6. The smallest absolute Gasteiger partial charge is 0.486 e. The molecule has 11 heteroatoms. The second-order valence-corrected chi connectivity index (χ2v) is 7.35. The summed E-state index contributed by atoms with van der Waals surface area (Å²) >= 11 is 1.73. The maximum Gasteiger partial charge on any atom is 0.490 e. The van der Waals surface area contributed by atoms with Crippen molar-refractivity contribution in [3.63, 3.8) is 0 Å². The van der Waals surface area contributed by atoms with Crippen molar-refractivity contribution in [3.05, 3.63) is 47.7 Å². The molecule has 1 aliphatic heterocycles. The molecule has 3 N–H and O–H groups in total. The first-order valence-corrected chi connectivity index (χ1v) is 10.4. The molecule has 0 aliphatic carbocycles. The van der Waals surface area contributed by atoms with Gasteiger partial charge in [-0.1, -0.05) is 12.1 Å². The average molecular weight is 455 g/mol. The SMILES string of the molecule is CSc1cc2c(cc1CNCc1ccc3cn[nH]c3c1)OCCO2.O=C(O)C(F)(F)F. The third kappa shape index (κ3) is 6.05. The molecule has 31 heavy (non-hydrogen) atoms. The van der Waals surface area contributed by atoms with E-state index in [-0.39, 0.29) is 0 Å². The number of aromatic amines is 1. The van der Waals surface area contributed by atoms with Crippen molar-refractivity contribution in [1.82, 2.24) is 15.5 Å². The maximum atomic E-state index is 10.6. The Morgan fingerprint density at radius 1 is 1.19 bits per heavy atom. The molecule has 0 unspecified atom stereocenters. The number of carboxylic acid groups (broad SMARTS) is 1. The number of nitrogens with one attached hydrogen (secondary N) is 2. The zero-order valence-corrected chi connectivity index (χ0v) is 17.3. The lowest BCUT2D eigenvalue weighted by molar-refractivity contribution is -0.192. The average Bonchev–Trinajstić information content (AvgIpc) is 3.21. The number of alkyl halides is 3. The number of aromatic nitrogens is 2. The summed E-state index contributed by atoms with van der Waals surface area (Å²) in [4.78, 5) is 10.1. The Morgan fingerprint density at radius 2 is 1.87 bits per heavy atom. The Morgan fingerprint density at radius 3 is 2.52 bits per heavy atom. The van der Waals surface area contributed by atoms with Gasteiger partial charge in [0.1, 0.15) is 13.2 Å². The zero-order valence-electron chi connectivity index (χ0n) is 16.5. The molecule has 2 aromatic carbocycles. The molecule has 0 saturated heterocycles. The van der Waals surface area contributed by atoms with E-state index in [1.807, 2.05) is 6.20 Å². The van der Waals surface area contributed by atoms with E-state index in [9.17, 15) is 13.2 Å². The molecule has 4 rings (SSSR count). The Kier molecular flexibility index (Phi) is 7.29. The summed E-state index contributed by atoms with van der Waals surface area (Å²) in [5, 5.41) is 18.8. The predicted octanol–water partition coefficient (Wildman–Crippen LogP) is 3.98. The van der Waals surface area contributed by atoms with Crippen LogP contribution in [0.5, 0.6) is 11.5 Å². The van der Waals surface area contributed by atoms with Gasteiger partial charge in [-0.25, -0.2) is 4.79 Å². The molecule has 1 aliphatic rings. The highest BCUT2D eigenvalue weighted by Gasteiger charge is 2.38. The minimum Gasteiger partial charge on any atom is -0.486 e. The van der Waals surface area contributed by atoms with Gasteiger partial charge in [0.2, 0.25) is 0 Å². The number of hydrogen-bond donors (Lipinski definition) is 3. The fraction of sp³-hybridized carbons (Fsp3) is 0.300. The second-order valence-electron chi connectivity index (χ2n) is 6.51. The van der Waals surface area contributed by atoms with E-state index in [0.717, 1.165) is 35.5 Å². The molecule has 0 atom stereocenters. The number of H-pyrrole nitrogens is 1. The van der Waals surface area contributed by atoms with E-state index in [4.69, 9.17) is 19.4 Å². The summed E-state index contributed by atoms with van der Waals surface area (Å²) in [6.07, 6.45) is -1.16. The normalized spacial score (nSPS) is 12.9. The van der Waals surface area contributed by atoms with Gasteiger partial charge in [-0.3, -0.25) is 5.10 Å². The lowest BCUT2D eigenvalue weighted by Crippen LogP contribution is -2.21. The van der Waals surface area contributed by atoms with Crippen LogP contribution in [0.15, 0.2) is 41.4 Å². The number of rotatable bonds is 5. The topological polar surface area (TPSA) is 96.5 Å².